The molecule has 0 unspecified atom stereocenters. The second-order valence-electron chi connectivity index (χ2n) is 13.3. The smallest absolute Gasteiger partial charge is 0.132 e. The van der Waals surface area contributed by atoms with Crippen LogP contribution in [0.15, 0.2) is 0 Å². The molecule has 0 fully saturated rings. The number of quaternary nitrogens is 2. The van der Waals surface area contributed by atoms with Crippen molar-refractivity contribution in [3.05, 3.63) is 0 Å². The van der Waals surface area contributed by atoms with Gasteiger partial charge in [-0.1, -0.05) is 117 Å². The second-order valence-corrected chi connectivity index (χ2v) is 13.3. The van der Waals surface area contributed by atoms with Gasteiger partial charge in [0, 0.05) is 6.54 Å². The van der Waals surface area contributed by atoms with Gasteiger partial charge < -0.3 is 42.9 Å². The van der Waals surface area contributed by atoms with E-state index in [1.54, 1.807) is 0 Å². The van der Waals surface area contributed by atoms with Crippen LogP contribution in [-0.4, -0.2) is 70.0 Å². The van der Waals surface area contributed by atoms with Crippen LogP contribution in [0.2, 0.25) is 0 Å². The van der Waals surface area contributed by atoms with Crippen molar-refractivity contribution in [1.29, 1.82) is 0 Å². The quantitative estimate of drug-likeness (QED) is 0.0732. The molecule has 0 aromatic carbocycles. The van der Waals surface area contributed by atoms with Crippen LogP contribution in [0.4, 0.5) is 0 Å². The highest BCUT2D eigenvalue weighted by atomic mass is 79.9. The number of rotatable bonds is 29. The number of nitrogens with zero attached hydrogens (tertiary/aromatic N) is 2. The number of unbranched alkanes of at least 4 members (excludes halogenated alkanes) is 19. The van der Waals surface area contributed by atoms with E-state index in [0.29, 0.717) is 0 Å². The first kappa shape index (κ1) is 43.3. The van der Waals surface area contributed by atoms with Crippen LogP contribution in [0, 0.1) is 0 Å². The fraction of sp³-hybridized carbons (Fsp3) is 1.00. The summed E-state index contributed by atoms with van der Waals surface area (Å²) in [5, 5.41) is 3.75. The van der Waals surface area contributed by atoms with E-state index < -0.39 is 0 Å². The van der Waals surface area contributed by atoms with Gasteiger partial charge in [-0.3, -0.25) is 5.32 Å². The average Bonchev–Trinajstić information content (AvgIpc) is 2.83. The minimum Gasteiger partial charge on any atom is -1.00 e. The number of halogens is 2. The lowest BCUT2D eigenvalue weighted by atomic mass is 10.1. The Labute approximate surface area is 263 Å². The molecule has 38 heavy (non-hydrogen) atoms. The SMILES string of the molecule is CCCCCCCCCCCC[N+](C)(C)CCCCNC[N+](C)(C)CCCCCCCCCCCC.[Br-].[Br-]. The van der Waals surface area contributed by atoms with Crippen LogP contribution in [-0.2, 0) is 0 Å². The molecule has 1 N–H and O–H groups in total. The van der Waals surface area contributed by atoms with E-state index in [-0.39, 0.29) is 34.0 Å². The first-order valence-corrected chi connectivity index (χ1v) is 16.7. The zero-order chi connectivity index (χ0) is 26.8. The van der Waals surface area contributed by atoms with Gasteiger partial charge in [0.05, 0.1) is 47.8 Å². The average molecular weight is 672 g/mol. The molecule has 0 aromatic heterocycles. The Morgan fingerprint density at radius 3 is 1.03 bits per heavy atom. The summed E-state index contributed by atoms with van der Waals surface area (Å²) in [4.78, 5) is 0. The third kappa shape index (κ3) is 33.0. The van der Waals surface area contributed by atoms with Crippen molar-refractivity contribution in [1.82, 2.24) is 5.32 Å². The Morgan fingerprint density at radius 1 is 0.368 bits per heavy atom. The molecular weight excluding hydrogens is 598 g/mol. The minimum atomic E-state index is 0. The molecule has 0 aromatic rings. The monoisotopic (exact) mass is 669 g/mol. The van der Waals surface area contributed by atoms with E-state index in [0.717, 1.165) is 11.2 Å². The molecule has 0 bridgehead atoms. The van der Waals surface area contributed by atoms with Crippen molar-refractivity contribution in [2.75, 3.05) is 61.0 Å². The lowest BCUT2D eigenvalue weighted by Crippen LogP contribution is -3.00. The van der Waals surface area contributed by atoms with E-state index in [1.165, 1.54) is 172 Å². The lowest BCUT2D eigenvalue weighted by molar-refractivity contribution is -0.893. The van der Waals surface area contributed by atoms with Crippen LogP contribution < -0.4 is 39.3 Å². The van der Waals surface area contributed by atoms with Gasteiger partial charge in [0.25, 0.3) is 0 Å². The maximum atomic E-state index is 3.75. The van der Waals surface area contributed by atoms with Crippen LogP contribution in [0.25, 0.3) is 0 Å². The maximum absolute atomic E-state index is 3.75. The molecule has 0 aliphatic carbocycles. The van der Waals surface area contributed by atoms with Gasteiger partial charge in [0.2, 0.25) is 0 Å². The Bertz CT molecular complexity index is 404. The molecule has 0 saturated heterocycles. The van der Waals surface area contributed by atoms with E-state index in [2.05, 4.69) is 47.4 Å². The molecule has 0 aliphatic heterocycles. The van der Waals surface area contributed by atoms with Gasteiger partial charge in [-0.15, -0.1) is 0 Å². The molecule has 0 amide bonds. The third-order valence-electron chi connectivity index (χ3n) is 8.14. The first-order valence-electron chi connectivity index (χ1n) is 16.7. The maximum Gasteiger partial charge on any atom is 0.132 e. The van der Waals surface area contributed by atoms with E-state index in [1.807, 2.05) is 0 Å². The summed E-state index contributed by atoms with van der Waals surface area (Å²) in [6.07, 6.45) is 31.4. The fourth-order valence-corrected chi connectivity index (χ4v) is 5.42. The van der Waals surface area contributed by atoms with Gasteiger partial charge in [0.1, 0.15) is 6.67 Å². The van der Waals surface area contributed by atoms with Crippen LogP contribution in [0.3, 0.4) is 0 Å². The highest BCUT2D eigenvalue weighted by Gasteiger charge is 2.15. The summed E-state index contributed by atoms with van der Waals surface area (Å²) in [7, 11) is 9.67. The summed E-state index contributed by atoms with van der Waals surface area (Å²) in [5.74, 6) is 0. The Hall–Kier alpha value is 0.840. The first-order chi connectivity index (χ1) is 17.3. The minimum absolute atomic E-state index is 0. The predicted molar refractivity (Wildman–Crippen MR) is 165 cm³/mol. The van der Waals surface area contributed by atoms with Crippen molar-refractivity contribution in [2.24, 2.45) is 0 Å². The van der Waals surface area contributed by atoms with Crippen LogP contribution in [0.5, 0.6) is 0 Å². The highest BCUT2D eigenvalue weighted by molar-refractivity contribution is 4.50. The normalized spacial score (nSPS) is 11.8. The summed E-state index contributed by atoms with van der Waals surface area (Å²) < 4.78 is 2.33. The zero-order valence-corrected chi connectivity index (χ0v) is 30.4. The fourth-order valence-electron chi connectivity index (χ4n) is 5.42. The summed E-state index contributed by atoms with van der Waals surface area (Å²) >= 11 is 0. The molecule has 3 nitrogen and oxygen atoms in total. The summed E-state index contributed by atoms with van der Waals surface area (Å²) in [6.45, 7) is 10.9. The standard InChI is InChI=1S/C33H73N3.2BrH/c1-7-9-11-13-15-17-19-21-23-26-30-35(3,4)31-28-25-29-34-33-36(5,6)32-27-24-22-20-18-16-14-12-10-8-2;;/h34H,7-33H2,1-6H3;2*1H/q+2;;/p-2. The van der Waals surface area contributed by atoms with Gasteiger partial charge in [0.15, 0.2) is 0 Å². The molecule has 0 radical (unpaired) electrons. The number of hydrogen-bond acceptors (Lipinski definition) is 1. The van der Waals surface area contributed by atoms with Crippen molar-refractivity contribution < 1.29 is 42.9 Å². The van der Waals surface area contributed by atoms with Crippen molar-refractivity contribution in [3.63, 3.8) is 0 Å². The molecular formula is C33H73Br2N3. The molecule has 0 aliphatic rings. The van der Waals surface area contributed by atoms with Gasteiger partial charge in [-0.05, 0) is 38.5 Å². The summed E-state index contributed by atoms with van der Waals surface area (Å²) in [5.41, 5.74) is 0. The highest BCUT2D eigenvalue weighted by Crippen LogP contribution is 2.13. The molecule has 234 valence electrons. The van der Waals surface area contributed by atoms with E-state index in [4.69, 9.17) is 0 Å². The molecule has 5 heteroatoms. The molecule has 0 saturated carbocycles. The number of hydrogen-bond donors (Lipinski definition) is 1. The molecule has 0 spiro atoms. The van der Waals surface area contributed by atoms with Gasteiger partial charge in [-0.25, -0.2) is 0 Å². The van der Waals surface area contributed by atoms with Gasteiger partial charge in [-0.2, -0.15) is 0 Å². The second kappa shape index (κ2) is 30.8. The Balaban J connectivity index is -0.00000612. The number of nitrogens with one attached hydrogen (secondary N) is 1. The van der Waals surface area contributed by atoms with Crippen LogP contribution >= 0.6 is 0 Å². The Morgan fingerprint density at radius 2 is 0.658 bits per heavy atom. The topological polar surface area (TPSA) is 12.0 Å². The van der Waals surface area contributed by atoms with Gasteiger partial charge >= 0.3 is 0 Å². The molecule has 0 rings (SSSR count). The van der Waals surface area contributed by atoms with Crippen molar-refractivity contribution in [2.45, 2.75) is 155 Å². The van der Waals surface area contributed by atoms with Crippen molar-refractivity contribution in [3.8, 4) is 0 Å². The third-order valence-corrected chi connectivity index (χ3v) is 8.14. The van der Waals surface area contributed by atoms with Crippen LogP contribution in [0.1, 0.15) is 155 Å². The molecule has 0 heterocycles. The molecule has 0 atom stereocenters. The zero-order valence-electron chi connectivity index (χ0n) is 27.2. The van der Waals surface area contributed by atoms with E-state index in [9.17, 15) is 0 Å². The summed E-state index contributed by atoms with van der Waals surface area (Å²) in [6, 6.07) is 0. The Kier molecular flexibility index (Phi) is 35.1. The van der Waals surface area contributed by atoms with E-state index >= 15 is 0 Å². The largest absolute Gasteiger partial charge is 1.00 e. The lowest BCUT2D eigenvalue weighted by Gasteiger charge is -2.31. The predicted octanol–water partition coefficient (Wildman–Crippen LogP) is 3.32. The van der Waals surface area contributed by atoms with Crippen molar-refractivity contribution >= 4 is 0 Å².